The Morgan fingerprint density at radius 2 is 2.17 bits per heavy atom. The molecule has 2 atom stereocenters. The van der Waals surface area contributed by atoms with E-state index in [0.717, 1.165) is 12.5 Å². The molecule has 0 spiro atoms. The van der Waals surface area contributed by atoms with Crippen molar-refractivity contribution in [1.82, 2.24) is 4.90 Å². The minimum Gasteiger partial charge on any atom is -0.392 e. The Hall–Kier alpha value is -0.120. The van der Waals surface area contributed by atoms with Crippen LogP contribution < -0.4 is 5.73 Å². The van der Waals surface area contributed by atoms with Gasteiger partial charge in [-0.05, 0) is 32.7 Å². The van der Waals surface area contributed by atoms with Gasteiger partial charge >= 0.3 is 0 Å². The Morgan fingerprint density at radius 3 is 2.50 bits per heavy atom. The van der Waals surface area contributed by atoms with Crippen molar-refractivity contribution in [2.24, 2.45) is 11.7 Å². The predicted octanol–water partition coefficient (Wildman–Crippen LogP) is 0.0363. The molecule has 0 radical (unpaired) electrons. The summed E-state index contributed by atoms with van der Waals surface area (Å²) in [6.07, 6.45) is 2.38. The summed E-state index contributed by atoms with van der Waals surface area (Å²) in [7, 11) is 2.04. The lowest BCUT2D eigenvalue weighted by atomic mass is 10.1. The van der Waals surface area contributed by atoms with Gasteiger partial charge in [0, 0.05) is 19.1 Å². The first-order chi connectivity index (χ1) is 5.65. The van der Waals surface area contributed by atoms with E-state index in [1.54, 1.807) is 0 Å². The molecule has 1 aliphatic carbocycles. The van der Waals surface area contributed by atoms with E-state index in [4.69, 9.17) is 5.73 Å². The molecule has 1 fully saturated rings. The van der Waals surface area contributed by atoms with Crippen LogP contribution in [0.5, 0.6) is 0 Å². The third kappa shape index (κ3) is 2.73. The summed E-state index contributed by atoms with van der Waals surface area (Å²) in [5, 5.41) is 9.19. The molecule has 0 aromatic rings. The van der Waals surface area contributed by atoms with Gasteiger partial charge in [-0.15, -0.1) is 0 Å². The molecule has 0 aliphatic heterocycles. The highest BCUT2D eigenvalue weighted by Gasteiger charge is 2.32. The van der Waals surface area contributed by atoms with Gasteiger partial charge in [0.15, 0.2) is 0 Å². The van der Waals surface area contributed by atoms with Crippen LogP contribution in [0.2, 0.25) is 0 Å². The molecule has 0 aromatic carbocycles. The van der Waals surface area contributed by atoms with Crippen molar-refractivity contribution in [3.8, 4) is 0 Å². The molecule has 0 aromatic heterocycles. The SMILES string of the molecule is C[C@@H](O)CN(C)C(CN)C1CC1. The molecule has 0 bridgehead atoms. The Labute approximate surface area is 74.5 Å². The minimum absolute atomic E-state index is 0.247. The van der Waals surface area contributed by atoms with E-state index in [2.05, 4.69) is 4.90 Å². The van der Waals surface area contributed by atoms with Gasteiger partial charge in [0.05, 0.1) is 6.10 Å². The van der Waals surface area contributed by atoms with E-state index < -0.39 is 0 Å². The number of aliphatic hydroxyl groups is 1. The third-order valence-corrected chi connectivity index (χ3v) is 2.53. The number of likely N-dealkylation sites (N-methyl/N-ethyl adjacent to an activating group) is 1. The number of nitrogens with zero attached hydrogens (tertiary/aromatic N) is 1. The van der Waals surface area contributed by atoms with Crippen molar-refractivity contribution < 1.29 is 5.11 Å². The van der Waals surface area contributed by atoms with Crippen molar-refractivity contribution in [3.63, 3.8) is 0 Å². The molecule has 0 heterocycles. The second-order valence-electron chi connectivity index (χ2n) is 3.93. The first-order valence-corrected chi connectivity index (χ1v) is 4.73. The van der Waals surface area contributed by atoms with Gasteiger partial charge in [0.25, 0.3) is 0 Å². The maximum atomic E-state index is 9.19. The fourth-order valence-corrected chi connectivity index (χ4v) is 1.77. The van der Waals surface area contributed by atoms with Gasteiger partial charge in [0.2, 0.25) is 0 Å². The Kier molecular flexibility index (Phi) is 3.50. The maximum Gasteiger partial charge on any atom is 0.0639 e. The van der Waals surface area contributed by atoms with E-state index in [-0.39, 0.29) is 6.10 Å². The summed E-state index contributed by atoms with van der Waals surface area (Å²) >= 11 is 0. The first-order valence-electron chi connectivity index (χ1n) is 4.73. The second-order valence-corrected chi connectivity index (χ2v) is 3.93. The number of hydrogen-bond donors (Lipinski definition) is 2. The van der Waals surface area contributed by atoms with Crippen LogP contribution in [0.3, 0.4) is 0 Å². The predicted molar refractivity (Wildman–Crippen MR) is 49.9 cm³/mol. The largest absolute Gasteiger partial charge is 0.392 e. The number of hydrogen-bond acceptors (Lipinski definition) is 3. The molecule has 1 saturated carbocycles. The lowest BCUT2D eigenvalue weighted by Crippen LogP contribution is -2.42. The molecule has 1 unspecified atom stereocenters. The van der Waals surface area contributed by atoms with Crippen LogP contribution in [0.1, 0.15) is 19.8 Å². The molecule has 0 saturated heterocycles. The van der Waals surface area contributed by atoms with Crippen LogP contribution in [0, 0.1) is 5.92 Å². The van der Waals surface area contributed by atoms with Gasteiger partial charge in [-0.2, -0.15) is 0 Å². The fourth-order valence-electron chi connectivity index (χ4n) is 1.77. The zero-order valence-electron chi connectivity index (χ0n) is 8.03. The van der Waals surface area contributed by atoms with Crippen LogP contribution in [0.15, 0.2) is 0 Å². The fraction of sp³-hybridized carbons (Fsp3) is 1.00. The van der Waals surface area contributed by atoms with Crippen molar-refractivity contribution in [1.29, 1.82) is 0 Å². The lowest BCUT2D eigenvalue weighted by molar-refractivity contribution is 0.112. The zero-order chi connectivity index (χ0) is 9.14. The Balaban J connectivity index is 2.30. The minimum atomic E-state index is -0.247. The molecule has 1 rings (SSSR count). The van der Waals surface area contributed by atoms with Gasteiger partial charge in [-0.3, -0.25) is 4.90 Å². The molecule has 3 N–H and O–H groups in total. The molecule has 1 aliphatic rings. The summed E-state index contributed by atoms with van der Waals surface area (Å²) in [6, 6.07) is 0.486. The van der Waals surface area contributed by atoms with Crippen LogP contribution in [0.4, 0.5) is 0 Å². The average Bonchev–Trinajstić information content (AvgIpc) is 2.70. The summed E-state index contributed by atoms with van der Waals surface area (Å²) in [5.74, 6) is 0.791. The van der Waals surface area contributed by atoms with Crippen LogP contribution in [-0.2, 0) is 0 Å². The van der Waals surface area contributed by atoms with E-state index in [1.807, 2.05) is 14.0 Å². The first kappa shape index (κ1) is 9.96. The van der Waals surface area contributed by atoms with Gasteiger partial charge in [-0.1, -0.05) is 0 Å². The molecule has 0 amide bonds. The van der Waals surface area contributed by atoms with Crippen molar-refractivity contribution in [3.05, 3.63) is 0 Å². The molecule has 72 valence electrons. The van der Waals surface area contributed by atoms with E-state index in [0.29, 0.717) is 12.6 Å². The highest BCUT2D eigenvalue weighted by atomic mass is 16.3. The molecule has 12 heavy (non-hydrogen) atoms. The highest BCUT2D eigenvalue weighted by molar-refractivity contribution is 4.88. The number of rotatable bonds is 5. The van der Waals surface area contributed by atoms with Crippen molar-refractivity contribution >= 4 is 0 Å². The van der Waals surface area contributed by atoms with E-state index in [1.165, 1.54) is 12.8 Å². The topological polar surface area (TPSA) is 49.5 Å². The third-order valence-electron chi connectivity index (χ3n) is 2.53. The smallest absolute Gasteiger partial charge is 0.0639 e. The average molecular weight is 172 g/mol. The van der Waals surface area contributed by atoms with Gasteiger partial charge in [-0.25, -0.2) is 0 Å². The standard InChI is InChI=1S/C9H20N2O/c1-7(12)6-11(2)9(5-10)8-3-4-8/h7-9,12H,3-6,10H2,1-2H3/t7-,9?/m1/s1. The summed E-state index contributed by atoms with van der Waals surface area (Å²) in [5.41, 5.74) is 5.67. The number of nitrogens with two attached hydrogens (primary N) is 1. The summed E-state index contributed by atoms with van der Waals surface area (Å²) in [4.78, 5) is 2.18. The van der Waals surface area contributed by atoms with Gasteiger partial charge in [0.1, 0.15) is 0 Å². The molecular formula is C9H20N2O. The second kappa shape index (κ2) is 4.21. The normalized spacial score (nSPS) is 22.8. The summed E-state index contributed by atoms with van der Waals surface area (Å²) in [6.45, 7) is 3.27. The Bertz CT molecular complexity index is 134. The molecule has 3 heteroatoms. The van der Waals surface area contributed by atoms with Crippen LogP contribution in [0.25, 0.3) is 0 Å². The van der Waals surface area contributed by atoms with E-state index in [9.17, 15) is 5.11 Å². The quantitative estimate of drug-likeness (QED) is 0.615. The van der Waals surface area contributed by atoms with Crippen molar-refractivity contribution in [2.45, 2.75) is 31.9 Å². The lowest BCUT2D eigenvalue weighted by Gasteiger charge is -2.27. The van der Waals surface area contributed by atoms with Crippen LogP contribution >= 0.6 is 0 Å². The summed E-state index contributed by atoms with van der Waals surface area (Å²) < 4.78 is 0. The van der Waals surface area contributed by atoms with Gasteiger partial charge < -0.3 is 10.8 Å². The highest BCUT2D eigenvalue weighted by Crippen LogP contribution is 2.34. The molecule has 3 nitrogen and oxygen atoms in total. The Morgan fingerprint density at radius 1 is 1.58 bits per heavy atom. The van der Waals surface area contributed by atoms with Crippen LogP contribution in [-0.4, -0.2) is 42.3 Å². The monoisotopic (exact) mass is 172 g/mol. The van der Waals surface area contributed by atoms with Crippen molar-refractivity contribution in [2.75, 3.05) is 20.1 Å². The zero-order valence-corrected chi connectivity index (χ0v) is 8.03. The number of aliphatic hydroxyl groups excluding tert-OH is 1. The van der Waals surface area contributed by atoms with E-state index >= 15 is 0 Å². The molecular weight excluding hydrogens is 152 g/mol. The maximum absolute atomic E-state index is 9.19.